The van der Waals surface area contributed by atoms with Crippen molar-refractivity contribution in [2.24, 2.45) is 0 Å². The van der Waals surface area contributed by atoms with Crippen molar-refractivity contribution in [2.75, 3.05) is 6.54 Å². The summed E-state index contributed by atoms with van der Waals surface area (Å²) in [7, 11) is 0. The van der Waals surface area contributed by atoms with Gasteiger partial charge >= 0.3 is 6.03 Å². The van der Waals surface area contributed by atoms with Gasteiger partial charge in [-0.05, 0) is 36.6 Å². The third-order valence-electron chi connectivity index (χ3n) is 4.79. The van der Waals surface area contributed by atoms with Crippen molar-refractivity contribution in [3.8, 4) is 5.82 Å². The van der Waals surface area contributed by atoms with E-state index in [-0.39, 0.29) is 12.1 Å². The Morgan fingerprint density at radius 1 is 1.19 bits per heavy atom. The molecule has 1 aliphatic rings. The fraction of sp³-hybridized carbons (Fsp3) is 0.250. The van der Waals surface area contributed by atoms with Crippen LogP contribution in [0, 0.1) is 6.92 Å². The molecule has 0 aliphatic carbocycles. The van der Waals surface area contributed by atoms with E-state index in [0.29, 0.717) is 6.54 Å². The normalized spacial score (nSPS) is 16.2. The van der Waals surface area contributed by atoms with E-state index in [9.17, 15) is 4.79 Å². The zero-order valence-corrected chi connectivity index (χ0v) is 14.7. The zero-order chi connectivity index (χ0) is 17.9. The van der Waals surface area contributed by atoms with Crippen molar-refractivity contribution in [1.29, 1.82) is 0 Å². The molecule has 1 N–H and O–H groups in total. The number of nitrogens with zero attached hydrogens (tertiary/aromatic N) is 4. The minimum atomic E-state index is -0.0257. The lowest BCUT2D eigenvalue weighted by atomic mass is 9.95. The molecule has 2 aromatic heterocycles. The van der Waals surface area contributed by atoms with Gasteiger partial charge in [-0.1, -0.05) is 30.3 Å². The lowest BCUT2D eigenvalue weighted by molar-refractivity contribution is 0.115. The predicted octanol–water partition coefficient (Wildman–Crippen LogP) is 3.23. The van der Waals surface area contributed by atoms with Crippen LogP contribution in [0.1, 0.15) is 29.4 Å². The number of urea groups is 1. The Kier molecular flexibility index (Phi) is 4.39. The summed E-state index contributed by atoms with van der Waals surface area (Å²) in [5.41, 5.74) is 2.20. The molecule has 132 valence electrons. The van der Waals surface area contributed by atoms with Crippen LogP contribution in [0.5, 0.6) is 0 Å². The van der Waals surface area contributed by atoms with Crippen molar-refractivity contribution in [2.45, 2.75) is 25.9 Å². The van der Waals surface area contributed by atoms with Crippen LogP contribution in [-0.2, 0) is 6.54 Å². The second kappa shape index (κ2) is 7.00. The van der Waals surface area contributed by atoms with Gasteiger partial charge in [-0.3, -0.25) is 4.57 Å². The van der Waals surface area contributed by atoms with Gasteiger partial charge in [-0.2, -0.15) is 0 Å². The van der Waals surface area contributed by atoms with Gasteiger partial charge in [0.25, 0.3) is 0 Å². The molecule has 6 heteroatoms. The standard InChI is InChI=1S/C20H21N5O/c1-15-21-10-12-24(15)19-13-16(7-9-22-19)14-23-20(26)25-11-8-18(25)17-5-3-2-4-6-17/h2-7,9-10,12-13,18H,8,11,14H2,1H3,(H,23,26)/t18-/m0/s1. The fourth-order valence-corrected chi connectivity index (χ4v) is 3.25. The molecule has 0 unspecified atom stereocenters. The number of likely N-dealkylation sites (tertiary alicyclic amines) is 1. The van der Waals surface area contributed by atoms with Crippen molar-refractivity contribution in [3.63, 3.8) is 0 Å². The maximum absolute atomic E-state index is 12.5. The number of hydrogen-bond donors (Lipinski definition) is 1. The molecule has 26 heavy (non-hydrogen) atoms. The van der Waals surface area contributed by atoms with E-state index in [1.54, 1.807) is 12.4 Å². The number of rotatable bonds is 4. The van der Waals surface area contributed by atoms with Crippen LogP contribution < -0.4 is 5.32 Å². The van der Waals surface area contributed by atoms with Gasteiger partial charge in [0.05, 0.1) is 6.04 Å². The molecule has 6 nitrogen and oxygen atoms in total. The number of nitrogens with one attached hydrogen (secondary N) is 1. The molecule has 0 saturated carbocycles. The van der Waals surface area contributed by atoms with Gasteiger partial charge in [0.1, 0.15) is 11.6 Å². The van der Waals surface area contributed by atoms with Crippen molar-refractivity contribution in [1.82, 2.24) is 24.8 Å². The average Bonchev–Trinajstić information content (AvgIpc) is 3.06. The first-order valence-corrected chi connectivity index (χ1v) is 8.77. The van der Waals surface area contributed by atoms with Crippen LogP contribution in [-0.4, -0.2) is 32.0 Å². The Morgan fingerprint density at radius 2 is 2.04 bits per heavy atom. The number of pyridine rings is 1. The Bertz CT molecular complexity index is 905. The monoisotopic (exact) mass is 347 g/mol. The van der Waals surface area contributed by atoms with E-state index in [4.69, 9.17) is 0 Å². The highest BCUT2D eigenvalue weighted by molar-refractivity contribution is 5.75. The molecule has 1 saturated heterocycles. The lowest BCUT2D eigenvalue weighted by Gasteiger charge is -2.41. The highest BCUT2D eigenvalue weighted by atomic mass is 16.2. The van der Waals surface area contributed by atoms with E-state index in [0.717, 1.165) is 30.2 Å². The smallest absolute Gasteiger partial charge is 0.318 e. The molecule has 1 atom stereocenters. The van der Waals surface area contributed by atoms with Gasteiger partial charge in [0.15, 0.2) is 0 Å². The molecule has 0 spiro atoms. The van der Waals surface area contributed by atoms with E-state index in [1.165, 1.54) is 5.56 Å². The summed E-state index contributed by atoms with van der Waals surface area (Å²) in [6, 6.07) is 14.2. The van der Waals surface area contributed by atoms with Crippen LogP contribution in [0.15, 0.2) is 61.1 Å². The summed E-state index contributed by atoms with van der Waals surface area (Å²) in [6.07, 6.45) is 6.40. The summed E-state index contributed by atoms with van der Waals surface area (Å²) in [6.45, 7) is 3.20. The first kappa shape index (κ1) is 16.3. The molecule has 1 aromatic carbocycles. The Balaban J connectivity index is 1.40. The largest absolute Gasteiger partial charge is 0.334 e. The number of aromatic nitrogens is 3. The molecule has 3 aromatic rings. The molecule has 4 rings (SSSR count). The van der Waals surface area contributed by atoms with Gasteiger partial charge < -0.3 is 10.2 Å². The molecule has 0 radical (unpaired) electrons. The summed E-state index contributed by atoms with van der Waals surface area (Å²) >= 11 is 0. The Labute approximate surface area is 152 Å². The molecule has 1 aliphatic heterocycles. The number of benzene rings is 1. The van der Waals surface area contributed by atoms with Crippen LogP contribution >= 0.6 is 0 Å². The van der Waals surface area contributed by atoms with Crippen LogP contribution in [0.25, 0.3) is 5.82 Å². The Morgan fingerprint density at radius 3 is 2.73 bits per heavy atom. The minimum absolute atomic E-state index is 0.0257. The minimum Gasteiger partial charge on any atom is -0.334 e. The summed E-state index contributed by atoms with van der Waals surface area (Å²) in [5, 5.41) is 3.02. The summed E-state index contributed by atoms with van der Waals surface area (Å²) < 4.78 is 1.92. The number of amides is 2. The van der Waals surface area contributed by atoms with E-state index in [1.807, 2.05) is 52.9 Å². The van der Waals surface area contributed by atoms with Gasteiger partial charge in [-0.25, -0.2) is 14.8 Å². The lowest BCUT2D eigenvalue weighted by Crippen LogP contribution is -2.49. The quantitative estimate of drug-likeness (QED) is 0.788. The number of imidazole rings is 1. The highest BCUT2D eigenvalue weighted by Gasteiger charge is 2.32. The van der Waals surface area contributed by atoms with Crippen LogP contribution in [0.2, 0.25) is 0 Å². The summed E-state index contributed by atoms with van der Waals surface area (Å²) in [4.78, 5) is 23.0. The second-order valence-electron chi connectivity index (χ2n) is 6.43. The van der Waals surface area contributed by atoms with Gasteiger partial charge in [0, 0.05) is 31.7 Å². The third-order valence-corrected chi connectivity index (χ3v) is 4.79. The average molecular weight is 347 g/mol. The maximum Gasteiger partial charge on any atom is 0.318 e. The topological polar surface area (TPSA) is 63.1 Å². The first-order chi connectivity index (χ1) is 12.7. The van der Waals surface area contributed by atoms with E-state index >= 15 is 0 Å². The molecule has 0 bridgehead atoms. The fourth-order valence-electron chi connectivity index (χ4n) is 3.25. The molecular weight excluding hydrogens is 326 g/mol. The molecule has 2 amide bonds. The van der Waals surface area contributed by atoms with E-state index < -0.39 is 0 Å². The number of carbonyl (C=O) groups is 1. The summed E-state index contributed by atoms with van der Waals surface area (Å²) in [5.74, 6) is 1.68. The van der Waals surface area contributed by atoms with Crippen LogP contribution in [0.4, 0.5) is 4.79 Å². The van der Waals surface area contributed by atoms with E-state index in [2.05, 4.69) is 27.4 Å². The molecule has 1 fully saturated rings. The van der Waals surface area contributed by atoms with Crippen LogP contribution in [0.3, 0.4) is 0 Å². The molecular formula is C20H21N5O. The Hall–Kier alpha value is -3.15. The number of aryl methyl sites for hydroxylation is 1. The molecule has 3 heterocycles. The third kappa shape index (κ3) is 3.18. The predicted molar refractivity (Wildman–Crippen MR) is 98.8 cm³/mol. The van der Waals surface area contributed by atoms with Crippen molar-refractivity contribution >= 4 is 6.03 Å². The number of carbonyl (C=O) groups excluding carboxylic acids is 1. The first-order valence-electron chi connectivity index (χ1n) is 8.77. The van der Waals surface area contributed by atoms with Gasteiger partial charge in [0.2, 0.25) is 0 Å². The van der Waals surface area contributed by atoms with Crippen molar-refractivity contribution < 1.29 is 4.79 Å². The highest BCUT2D eigenvalue weighted by Crippen LogP contribution is 2.32. The number of hydrogen-bond acceptors (Lipinski definition) is 3. The SMILES string of the molecule is Cc1nccn1-c1cc(CNC(=O)N2CC[C@H]2c2ccccc2)ccn1. The van der Waals surface area contributed by atoms with Gasteiger partial charge in [-0.15, -0.1) is 0 Å². The van der Waals surface area contributed by atoms with Crippen molar-refractivity contribution in [3.05, 3.63) is 78.0 Å². The second-order valence-corrected chi connectivity index (χ2v) is 6.43. The maximum atomic E-state index is 12.5. The zero-order valence-electron chi connectivity index (χ0n) is 14.7.